The standard InChI is InChI=1S/C15H24N2O2/c1-5-17(6-2)15(18)12(4)16-13-8-10-14(11-9-13)19-7-3/h8-12,16H,5-7H2,1-4H3. The smallest absolute Gasteiger partial charge is 0.244 e. The molecule has 1 amide bonds. The average Bonchev–Trinajstić information content (AvgIpc) is 2.42. The number of nitrogens with zero attached hydrogens (tertiary/aromatic N) is 1. The number of nitrogens with one attached hydrogen (secondary N) is 1. The molecule has 1 aromatic carbocycles. The number of carbonyl (C=O) groups excluding carboxylic acids is 1. The van der Waals surface area contributed by atoms with Crippen molar-refractivity contribution in [1.82, 2.24) is 4.90 Å². The van der Waals surface area contributed by atoms with Crippen molar-refractivity contribution in [1.29, 1.82) is 0 Å². The first kappa shape index (κ1) is 15.3. The van der Waals surface area contributed by atoms with Gasteiger partial charge in [-0.15, -0.1) is 0 Å². The van der Waals surface area contributed by atoms with E-state index in [1.165, 1.54) is 0 Å². The Bertz CT molecular complexity index is 386. The van der Waals surface area contributed by atoms with E-state index in [0.29, 0.717) is 6.61 Å². The summed E-state index contributed by atoms with van der Waals surface area (Å²) in [6, 6.07) is 7.44. The molecule has 0 fully saturated rings. The van der Waals surface area contributed by atoms with Crippen LogP contribution in [0.2, 0.25) is 0 Å². The van der Waals surface area contributed by atoms with Crippen molar-refractivity contribution in [3.63, 3.8) is 0 Å². The fourth-order valence-corrected chi connectivity index (χ4v) is 1.93. The minimum atomic E-state index is -0.224. The molecule has 0 heterocycles. The summed E-state index contributed by atoms with van der Waals surface area (Å²) in [7, 11) is 0. The highest BCUT2D eigenvalue weighted by Crippen LogP contribution is 2.16. The molecule has 0 aromatic heterocycles. The van der Waals surface area contributed by atoms with Gasteiger partial charge in [0.2, 0.25) is 5.91 Å². The van der Waals surface area contributed by atoms with Crippen molar-refractivity contribution in [2.75, 3.05) is 25.0 Å². The van der Waals surface area contributed by atoms with Gasteiger partial charge in [0, 0.05) is 18.8 Å². The van der Waals surface area contributed by atoms with E-state index in [4.69, 9.17) is 4.74 Å². The number of hydrogen-bond acceptors (Lipinski definition) is 3. The van der Waals surface area contributed by atoms with Crippen LogP contribution in [0.1, 0.15) is 27.7 Å². The Hall–Kier alpha value is -1.71. The van der Waals surface area contributed by atoms with Gasteiger partial charge < -0.3 is 15.0 Å². The topological polar surface area (TPSA) is 41.6 Å². The van der Waals surface area contributed by atoms with Gasteiger partial charge in [-0.1, -0.05) is 0 Å². The lowest BCUT2D eigenvalue weighted by Crippen LogP contribution is -2.41. The lowest BCUT2D eigenvalue weighted by molar-refractivity contribution is -0.131. The van der Waals surface area contributed by atoms with Crippen molar-refractivity contribution in [3.05, 3.63) is 24.3 Å². The van der Waals surface area contributed by atoms with Gasteiger partial charge in [0.1, 0.15) is 11.8 Å². The first-order valence-electron chi connectivity index (χ1n) is 6.90. The summed E-state index contributed by atoms with van der Waals surface area (Å²) < 4.78 is 5.38. The second-order valence-corrected chi connectivity index (χ2v) is 4.33. The minimum Gasteiger partial charge on any atom is -0.494 e. The van der Waals surface area contributed by atoms with Crippen LogP contribution in [0.15, 0.2) is 24.3 Å². The number of ether oxygens (including phenoxy) is 1. The van der Waals surface area contributed by atoms with Crippen LogP contribution in [0, 0.1) is 0 Å². The number of likely N-dealkylation sites (N-methyl/N-ethyl adjacent to an activating group) is 1. The fraction of sp³-hybridized carbons (Fsp3) is 0.533. The highest BCUT2D eigenvalue weighted by atomic mass is 16.5. The van der Waals surface area contributed by atoms with Crippen LogP contribution in [0.25, 0.3) is 0 Å². The first-order valence-corrected chi connectivity index (χ1v) is 6.90. The Morgan fingerprint density at radius 2 is 1.79 bits per heavy atom. The summed E-state index contributed by atoms with van der Waals surface area (Å²) >= 11 is 0. The molecule has 19 heavy (non-hydrogen) atoms. The molecule has 0 saturated heterocycles. The average molecular weight is 264 g/mol. The Labute approximate surface area is 115 Å². The molecule has 0 saturated carbocycles. The summed E-state index contributed by atoms with van der Waals surface area (Å²) in [5, 5.41) is 3.21. The van der Waals surface area contributed by atoms with Gasteiger partial charge in [0.25, 0.3) is 0 Å². The van der Waals surface area contributed by atoms with Crippen LogP contribution in [-0.2, 0) is 4.79 Å². The number of carbonyl (C=O) groups is 1. The third-order valence-corrected chi connectivity index (χ3v) is 2.99. The maximum Gasteiger partial charge on any atom is 0.244 e. The fourth-order valence-electron chi connectivity index (χ4n) is 1.93. The van der Waals surface area contributed by atoms with E-state index in [2.05, 4.69) is 5.32 Å². The summed E-state index contributed by atoms with van der Waals surface area (Å²) in [4.78, 5) is 13.9. The minimum absolute atomic E-state index is 0.124. The molecule has 106 valence electrons. The summed E-state index contributed by atoms with van der Waals surface area (Å²) in [5.41, 5.74) is 0.927. The molecule has 0 aliphatic heterocycles. The molecule has 4 heteroatoms. The molecule has 0 radical (unpaired) electrons. The predicted octanol–water partition coefficient (Wildman–Crippen LogP) is 2.75. The molecule has 1 atom stereocenters. The van der Waals surface area contributed by atoms with E-state index in [0.717, 1.165) is 24.5 Å². The molecular formula is C15H24N2O2. The monoisotopic (exact) mass is 264 g/mol. The zero-order chi connectivity index (χ0) is 14.3. The van der Waals surface area contributed by atoms with Crippen molar-refractivity contribution in [2.45, 2.75) is 33.7 Å². The Balaban J connectivity index is 2.60. The van der Waals surface area contributed by atoms with E-state index < -0.39 is 0 Å². The molecule has 1 aromatic rings. The largest absolute Gasteiger partial charge is 0.494 e. The third kappa shape index (κ3) is 4.47. The second kappa shape index (κ2) is 7.67. The van der Waals surface area contributed by atoms with E-state index in [9.17, 15) is 4.79 Å². The molecule has 0 aliphatic carbocycles. The normalized spacial score (nSPS) is 11.8. The van der Waals surface area contributed by atoms with E-state index >= 15 is 0 Å². The molecular weight excluding hydrogens is 240 g/mol. The van der Waals surface area contributed by atoms with Crippen molar-refractivity contribution in [3.8, 4) is 5.75 Å². The van der Waals surface area contributed by atoms with Gasteiger partial charge in [0.15, 0.2) is 0 Å². The summed E-state index contributed by atoms with van der Waals surface area (Å²) in [6.45, 7) is 9.96. The Morgan fingerprint density at radius 3 is 2.26 bits per heavy atom. The lowest BCUT2D eigenvalue weighted by atomic mass is 10.2. The third-order valence-electron chi connectivity index (χ3n) is 2.99. The van der Waals surface area contributed by atoms with Crippen LogP contribution in [0.5, 0.6) is 5.75 Å². The van der Waals surface area contributed by atoms with E-state index in [-0.39, 0.29) is 11.9 Å². The molecule has 1 unspecified atom stereocenters. The highest BCUT2D eigenvalue weighted by molar-refractivity contribution is 5.84. The van der Waals surface area contributed by atoms with Gasteiger partial charge in [0.05, 0.1) is 6.61 Å². The van der Waals surface area contributed by atoms with Crippen LogP contribution in [0.3, 0.4) is 0 Å². The second-order valence-electron chi connectivity index (χ2n) is 4.33. The molecule has 1 rings (SSSR count). The molecule has 0 aliphatic rings. The quantitative estimate of drug-likeness (QED) is 0.823. The van der Waals surface area contributed by atoms with Crippen LogP contribution in [0.4, 0.5) is 5.69 Å². The zero-order valence-electron chi connectivity index (χ0n) is 12.3. The van der Waals surface area contributed by atoms with Crippen molar-refractivity contribution >= 4 is 11.6 Å². The van der Waals surface area contributed by atoms with E-state index in [1.54, 1.807) is 0 Å². The van der Waals surface area contributed by atoms with Gasteiger partial charge in [-0.3, -0.25) is 4.79 Å². The molecule has 0 spiro atoms. The predicted molar refractivity (Wildman–Crippen MR) is 78.6 cm³/mol. The van der Waals surface area contributed by atoms with Crippen molar-refractivity contribution < 1.29 is 9.53 Å². The number of amides is 1. The number of hydrogen-bond donors (Lipinski definition) is 1. The lowest BCUT2D eigenvalue weighted by Gasteiger charge is -2.24. The molecule has 1 N–H and O–H groups in total. The SMILES string of the molecule is CCOc1ccc(NC(C)C(=O)N(CC)CC)cc1. The molecule has 4 nitrogen and oxygen atoms in total. The van der Waals surface area contributed by atoms with Gasteiger partial charge in [-0.25, -0.2) is 0 Å². The Kier molecular flexibility index (Phi) is 6.19. The zero-order valence-corrected chi connectivity index (χ0v) is 12.3. The highest BCUT2D eigenvalue weighted by Gasteiger charge is 2.17. The number of anilines is 1. The summed E-state index contributed by atoms with van der Waals surface area (Å²) in [5.74, 6) is 0.967. The van der Waals surface area contributed by atoms with Crippen LogP contribution in [-0.4, -0.2) is 36.5 Å². The summed E-state index contributed by atoms with van der Waals surface area (Å²) in [6.07, 6.45) is 0. The maximum atomic E-state index is 12.1. The van der Waals surface area contributed by atoms with Crippen LogP contribution >= 0.6 is 0 Å². The van der Waals surface area contributed by atoms with Gasteiger partial charge in [-0.2, -0.15) is 0 Å². The first-order chi connectivity index (χ1) is 9.12. The Morgan fingerprint density at radius 1 is 1.21 bits per heavy atom. The van der Waals surface area contributed by atoms with Crippen LogP contribution < -0.4 is 10.1 Å². The number of rotatable bonds is 7. The van der Waals surface area contributed by atoms with Gasteiger partial charge >= 0.3 is 0 Å². The maximum absolute atomic E-state index is 12.1. The van der Waals surface area contributed by atoms with E-state index in [1.807, 2.05) is 56.9 Å². The van der Waals surface area contributed by atoms with Gasteiger partial charge in [-0.05, 0) is 52.0 Å². The molecule has 0 bridgehead atoms. The number of benzene rings is 1. The van der Waals surface area contributed by atoms with Crippen molar-refractivity contribution in [2.24, 2.45) is 0 Å².